The Morgan fingerprint density at radius 3 is 2.92 bits per heavy atom. The fourth-order valence-corrected chi connectivity index (χ4v) is 3.07. The van der Waals surface area contributed by atoms with Gasteiger partial charge in [0.25, 0.3) is 0 Å². The molecule has 0 aliphatic carbocycles. The Hall–Kier alpha value is -2.73. The summed E-state index contributed by atoms with van der Waals surface area (Å²) in [4.78, 5) is 16.6. The molecule has 4 rings (SSSR count). The average molecular weight is 321 g/mol. The van der Waals surface area contributed by atoms with Crippen molar-refractivity contribution in [3.8, 4) is 11.1 Å². The number of nitrogens with one attached hydrogen (secondary N) is 2. The maximum Gasteiger partial charge on any atom is 0.229 e. The standard InChI is InChI=1S/C18H19N5O/c1-23-11-16(10-21-23)12-2-3-13-9-20-17(7-15(13)6-12)22-18(24)14-4-5-19-8-14/h2-3,6-7,9-11,14,19H,4-5,8H2,1H3,(H,20,22,24)/t14-/m0/s1. The van der Waals surface area contributed by atoms with Crippen LogP contribution in [0.4, 0.5) is 5.82 Å². The zero-order valence-corrected chi connectivity index (χ0v) is 13.5. The Bertz CT molecular complexity index is 895. The fourth-order valence-electron chi connectivity index (χ4n) is 3.07. The SMILES string of the molecule is Cn1cc(-c2ccc3cnc(NC(=O)[C@H]4CCNC4)cc3c2)cn1. The smallest absolute Gasteiger partial charge is 0.229 e. The monoisotopic (exact) mass is 321 g/mol. The maximum atomic E-state index is 12.2. The topological polar surface area (TPSA) is 71.8 Å². The zero-order valence-electron chi connectivity index (χ0n) is 13.5. The van der Waals surface area contributed by atoms with E-state index in [0.717, 1.165) is 41.4 Å². The van der Waals surface area contributed by atoms with Crippen LogP contribution in [0.25, 0.3) is 21.9 Å². The third kappa shape index (κ3) is 2.88. The fraction of sp³-hybridized carbons (Fsp3) is 0.278. The lowest BCUT2D eigenvalue weighted by molar-refractivity contribution is -0.119. The molecule has 6 nitrogen and oxygen atoms in total. The van der Waals surface area contributed by atoms with Gasteiger partial charge in [-0.25, -0.2) is 4.98 Å². The lowest BCUT2D eigenvalue weighted by Crippen LogP contribution is -2.25. The summed E-state index contributed by atoms with van der Waals surface area (Å²) in [6.07, 6.45) is 6.51. The van der Waals surface area contributed by atoms with Gasteiger partial charge < -0.3 is 10.6 Å². The number of nitrogens with zero attached hydrogens (tertiary/aromatic N) is 3. The Balaban J connectivity index is 1.62. The minimum absolute atomic E-state index is 0.0317. The zero-order chi connectivity index (χ0) is 16.5. The predicted molar refractivity (Wildman–Crippen MR) is 93.6 cm³/mol. The van der Waals surface area contributed by atoms with Crippen molar-refractivity contribution in [2.45, 2.75) is 6.42 Å². The van der Waals surface area contributed by atoms with Gasteiger partial charge >= 0.3 is 0 Å². The van der Waals surface area contributed by atoms with Crippen LogP contribution in [0.2, 0.25) is 0 Å². The third-order valence-corrected chi connectivity index (χ3v) is 4.44. The van der Waals surface area contributed by atoms with E-state index < -0.39 is 0 Å². The number of anilines is 1. The van der Waals surface area contributed by atoms with E-state index in [4.69, 9.17) is 0 Å². The highest BCUT2D eigenvalue weighted by Crippen LogP contribution is 2.25. The molecule has 0 spiro atoms. The number of aromatic nitrogens is 3. The van der Waals surface area contributed by atoms with Gasteiger partial charge in [0.2, 0.25) is 5.91 Å². The first-order chi connectivity index (χ1) is 11.7. The van der Waals surface area contributed by atoms with E-state index >= 15 is 0 Å². The lowest BCUT2D eigenvalue weighted by Gasteiger charge is -2.10. The van der Waals surface area contributed by atoms with Gasteiger partial charge in [0.15, 0.2) is 0 Å². The molecule has 6 heteroatoms. The Morgan fingerprint density at radius 2 is 2.17 bits per heavy atom. The molecule has 2 N–H and O–H groups in total. The number of rotatable bonds is 3. The second-order valence-electron chi connectivity index (χ2n) is 6.21. The van der Waals surface area contributed by atoms with Crippen molar-refractivity contribution in [2.24, 2.45) is 13.0 Å². The van der Waals surface area contributed by atoms with Gasteiger partial charge in [-0.1, -0.05) is 12.1 Å². The first kappa shape index (κ1) is 14.8. The van der Waals surface area contributed by atoms with Crippen LogP contribution in [0.1, 0.15) is 6.42 Å². The third-order valence-electron chi connectivity index (χ3n) is 4.44. The molecule has 3 aromatic rings. The van der Waals surface area contributed by atoms with Gasteiger partial charge in [-0.3, -0.25) is 9.48 Å². The number of aryl methyl sites for hydroxylation is 1. The highest BCUT2D eigenvalue weighted by atomic mass is 16.2. The van der Waals surface area contributed by atoms with Gasteiger partial charge in [0, 0.05) is 36.9 Å². The summed E-state index contributed by atoms with van der Waals surface area (Å²) in [6.45, 7) is 1.64. The van der Waals surface area contributed by atoms with Crippen LogP contribution in [-0.4, -0.2) is 33.8 Å². The lowest BCUT2D eigenvalue weighted by atomic mass is 10.0. The van der Waals surface area contributed by atoms with Crippen molar-refractivity contribution in [1.82, 2.24) is 20.1 Å². The minimum atomic E-state index is 0.0317. The van der Waals surface area contributed by atoms with E-state index in [-0.39, 0.29) is 11.8 Å². The summed E-state index contributed by atoms with van der Waals surface area (Å²) in [7, 11) is 1.90. The molecule has 1 atom stereocenters. The van der Waals surface area contributed by atoms with E-state index in [2.05, 4.69) is 32.8 Å². The second kappa shape index (κ2) is 6.05. The molecule has 0 bridgehead atoms. The van der Waals surface area contributed by atoms with Crippen molar-refractivity contribution in [3.63, 3.8) is 0 Å². The van der Waals surface area contributed by atoms with Gasteiger partial charge in [-0.05, 0) is 36.0 Å². The van der Waals surface area contributed by atoms with Crippen LogP contribution in [-0.2, 0) is 11.8 Å². The summed E-state index contributed by atoms with van der Waals surface area (Å²) in [5.41, 5.74) is 2.16. The van der Waals surface area contributed by atoms with Crippen molar-refractivity contribution < 1.29 is 4.79 Å². The molecular weight excluding hydrogens is 302 g/mol. The quantitative estimate of drug-likeness (QED) is 0.775. The molecule has 0 unspecified atom stereocenters. The largest absolute Gasteiger partial charge is 0.316 e. The second-order valence-corrected chi connectivity index (χ2v) is 6.21. The molecule has 1 aromatic carbocycles. The van der Waals surface area contributed by atoms with Gasteiger partial charge in [0.05, 0.1) is 12.1 Å². The van der Waals surface area contributed by atoms with Gasteiger partial charge in [0.1, 0.15) is 5.82 Å². The van der Waals surface area contributed by atoms with Crippen molar-refractivity contribution in [3.05, 3.63) is 42.9 Å². The summed E-state index contributed by atoms with van der Waals surface area (Å²) >= 11 is 0. The predicted octanol–water partition coefficient (Wildman–Crippen LogP) is 2.18. The van der Waals surface area contributed by atoms with Crippen LogP contribution >= 0.6 is 0 Å². The van der Waals surface area contributed by atoms with Crippen molar-refractivity contribution >= 4 is 22.5 Å². The highest BCUT2D eigenvalue weighted by Gasteiger charge is 2.22. The van der Waals surface area contributed by atoms with Crippen LogP contribution in [0.5, 0.6) is 0 Å². The molecule has 122 valence electrons. The molecule has 0 saturated carbocycles. The molecule has 24 heavy (non-hydrogen) atoms. The number of carbonyl (C=O) groups is 1. The molecule has 1 fully saturated rings. The number of carbonyl (C=O) groups excluding carboxylic acids is 1. The normalized spacial score (nSPS) is 17.3. The highest BCUT2D eigenvalue weighted by molar-refractivity contribution is 5.95. The molecule has 1 aliphatic rings. The van der Waals surface area contributed by atoms with Crippen molar-refractivity contribution in [2.75, 3.05) is 18.4 Å². The number of amides is 1. The molecule has 1 amide bonds. The number of hydrogen-bond donors (Lipinski definition) is 2. The van der Waals surface area contributed by atoms with Crippen LogP contribution in [0.3, 0.4) is 0 Å². The number of hydrogen-bond acceptors (Lipinski definition) is 4. The number of fused-ring (bicyclic) bond motifs is 1. The first-order valence-corrected chi connectivity index (χ1v) is 8.09. The average Bonchev–Trinajstić information content (AvgIpc) is 3.25. The van der Waals surface area contributed by atoms with Crippen LogP contribution < -0.4 is 10.6 Å². The molecule has 3 heterocycles. The molecular formula is C18H19N5O. The van der Waals surface area contributed by atoms with Gasteiger partial charge in [-0.2, -0.15) is 5.10 Å². The van der Waals surface area contributed by atoms with E-state index in [1.54, 1.807) is 10.9 Å². The van der Waals surface area contributed by atoms with Crippen LogP contribution in [0.15, 0.2) is 42.9 Å². The van der Waals surface area contributed by atoms with Gasteiger partial charge in [-0.15, -0.1) is 0 Å². The van der Waals surface area contributed by atoms with Crippen molar-refractivity contribution in [1.29, 1.82) is 0 Å². The maximum absolute atomic E-state index is 12.2. The molecule has 1 aliphatic heterocycles. The summed E-state index contributed by atoms with van der Waals surface area (Å²) in [5.74, 6) is 0.669. The van der Waals surface area contributed by atoms with Crippen LogP contribution in [0, 0.1) is 5.92 Å². The Morgan fingerprint density at radius 1 is 1.25 bits per heavy atom. The Kier molecular flexibility index (Phi) is 3.74. The molecule has 1 saturated heterocycles. The summed E-state index contributed by atoms with van der Waals surface area (Å²) in [6, 6.07) is 8.12. The summed E-state index contributed by atoms with van der Waals surface area (Å²) in [5, 5.41) is 12.4. The first-order valence-electron chi connectivity index (χ1n) is 8.09. The van der Waals surface area contributed by atoms with E-state index in [1.165, 1.54) is 0 Å². The Labute approximate surface area is 139 Å². The number of benzene rings is 1. The minimum Gasteiger partial charge on any atom is -0.316 e. The molecule has 2 aromatic heterocycles. The molecule has 0 radical (unpaired) electrons. The number of pyridine rings is 1. The summed E-state index contributed by atoms with van der Waals surface area (Å²) < 4.78 is 1.79. The van der Waals surface area contributed by atoms with E-state index in [1.807, 2.05) is 31.6 Å². The van der Waals surface area contributed by atoms with E-state index in [9.17, 15) is 4.79 Å². The van der Waals surface area contributed by atoms with E-state index in [0.29, 0.717) is 5.82 Å².